The summed E-state index contributed by atoms with van der Waals surface area (Å²) in [5.41, 5.74) is 0.780. The number of furan rings is 1. The highest BCUT2D eigenvalue weighted by Gasteiger charge is 2.20. The van der Waals surface area contributed by atoms with Gasteiger partial charge in [0.25, 0.3) is 5.91 Å². The van der Waals surface area contributed by atoms with Crippen LogP contribution in [0.4, 0.5) is 0 Å². The molecule has 1 aromatic carbocycles. The minimum absolute atomic E-state index is 0.159. The molecule has 0 radical (unpaired) electrons. The standard InChI is InChI=1S/C17H14ClN3O3/c1-2-9-21(17(22)14-4-3-10-23-14)11-15-19-16(20-24-15)12-5-7-13(18)8-6-12/h2-8,10H,1,9,11H2. The lowest BCUT2D eigenvalue weighted by molar-refractivity contribution is 0.0713. The third-order valence-corrected chi connectivity index (χ3v) is 3.52. The van der Waals surface area contributed by atoms with Crippen molar-refractivity contribution in [2.45, 2.75) is 6.54 Å². The molecule has 122 valence electrons. The zero-order valence-corrected chi connectivity index (χ0v) is 13.4. The Morgan fingerprint density at radius 3 is 2.75 bits per heavy atom. The lowest BCUT2D eigenvalue weighted by Gasteiger charge is -2.17. The van der Waals surface area contributed by atoms with Gasteiger partial charge in [0.1, 0.15) is 6.54 Å². The summed E-state index contributed by atoms with van der Waals surface area (Å²) in [5.74, 6) is 0.729. The summed E-state index contributed by atoms with van der Waals surface area (Å²) in [7, 11) is 0. The zero-order valence-electron chi connectivity index (χ0n) is 12.7. The maximum Gasteiger partial charge on any atom is 0.290 e. The Kier molecular flexibility index (Phi) is 4.77. The quantitative estimate of drug-likeness (QED) is 0.636. The maximum atomic E-state index is 12.4. The van der Waals surface area contributed by atoms with E-state index in [1.165, 1.54) is 11.2 Å². The second-order valence-electron chi connectivity index (χ2n) is 4.97. The molecule has 0 bridgehead atoms. The second kappa shape index (κ2) is 7.14. The van der Waals surface area contributed by atoms with E-state index in [1.807, 2.05) is 0 Å². The fourth-order valence-electron chi connectivity index (χ4n) is 2.13. The molecular weight excluding hydrogens is 330 g/mol. The Morgan fingerprint density at radius 1 is 1.29 bits per heavy atom. The molecule has 0 aliphatic heterocycles. The highest BCUT2D eigenvalue weighted by atomic mass is 35.5. The van der Waals surface area contributed by atoms with Crippen LogP contribution in [0.25, 0.3) is 11.4 Å². The fourth-order valence-corrected chi connectivity index (χ4v) is 2.26. The van der Waals surface area contributed by atoms with Gasteiger partial charge in [-0.1, -0.05) is 22.8 Å². The summed E-state index contributed by atoms with van der Waals surface area (Å²) in [4.78, 5) is 18.2. The molecule has 2 aromatic heterocycles. The molecule has 3 rings (SSSR count). The van der Waals surface area contributed by atoms with Crippen molar-refractivity contribution >= 4 is 17.5 Å². The van der Waals surface area contributed by atoms with E-state index in [2.05, 4.69) is 16.7 Å². The maximum absolute atomic E-state index is 12.4. The SMILES string of the molecule is C=CCN(Cc1nc(-c2ccc(Cl)cc2)no1)C(=O)c1ccco1. The van der Waals surface area contributed by atoms with Crippen molar-refractivity contribution in [1.29, 1.82) is 0 Å². The van der Waals surface area contributed by atoms with Gasteiger partial charge in [-0.15, -0.1) is 6.58 Å². The predicted molar refractivity (Wildman–Crippen MR) is 88.4 cm³/mol. The van der Waals surface area contributed by atoms with Crippen LogP contribution >= 0.6 is 11.6 Å². The summed E-state index contributed by atoms with van der Waals surface area (Å²) >= 11 is 5.86. The Morgan fingerprint density at radius 2 is 2.08 bits per heavy atom. The molecule has 0 aliphatic carbocycles. The van der Waals surface area contributed by atoms with Gasteiger partial charge in [-0.05, 0) is 36.4 Å². The first-order valence-corrected chi connectivity index (χ1v) is 7.57. The molecule has 0 atom stereocenters. The molecule has 0 spiro atoms. The average Bonchev–Trinajstić information content (AvgIpc) is 3.26. The van der Waals surface area contributed by atoms with Crippen LogP contribution in [0.1, 0.15) is 16.4 Å². The summed E-state index contributed by atoms with van der Waals surface area (Å²) in [6.45, 7) is 4.15. The van der Waals surface area contributed by atoms with Crippen LogP contribution in [-0.4, -0.2) is 27.5 Å². The Balaban J connectivity index is 1.77. The molecule has 0 unspecified atom stereocenters. The zero-order chi connectivity index (χ0) is 16.9. The Labute approximate surface area is 143 Å². The molecule has 0 fully saturated rings. The van der Waals surface area contributed by atoms with E-state index in [4.69, 9.17) is 20.5 Å². The van der Waals surface area contributed by atoms with E-state index < -0.39 is 0 Å². The molecule has 7 heteroatoms. The first-order valence-electron chi connectivity index (χ1n) is 7.19. The van der Waals surface area contributed by atoms with Gasteiger partial charge in [0.2, 0.25) is 11.7 Å². The second-order valence-corrected chi connectivity index (χ2v) is 5.41. The summed E-state index contributed by atoms with van der Waals surface area (Å²) in [6, 6.07) is 10.4. The number of amides is 1. The largest absolute Gasteiger partial charge is 0.459 e. The molecule has 1 amide bonds. The van der Waals surface area contributed by atoms with E-state index in [1.54, 1.807) is 42.5 Å². The molecule has 0 saturated carbocycles. The van der Waals surface area contributed by atoms with Crippen molar-refractivity contribution in [3.63, 3.8) is 0 Å². The average molecular weight is 344 g/mol. The van der Waals surface area contributed by atoms with Crippen molar-refractivity contribution in [2.24, 2.45) is 0 Å². The van der Waals surface area contributed by atoms with Gasteiger partial charge in [0.05, 0.1) is 6.26 Å². The van der Waals surface area contributed by atoms with Crippen molar-refractivity contribution in [1.82, 2.24) is 15.0 Å². The monoisotopic (exact) mass is 343 g/mol. The summed E-state index contributed by atoms with van der Waals surface area (Å²) in [5, 5.41) is 4.56. The van der Waals surface area contributed by atoms with Crippen molar-refractivity contribution < 1.29 is 13.7 Å². The number of hydrogen-bond donors (Lipinski definition) is 0. The van der Waals surface area contributed by atoms with E-state index in [-0.39, 0.29) is 18.2 Å². The Bertz CT molecular complexity index is 825. The van der Waals surface area contributed by atoms with E-state index in [0.29, 0.717) is 23.3 Å². The van der Waals surface area contributed by atoms with Crippen LogP contribution in [0, 0.1) is 0 Å². The number of carbonyl (C=O) groups is 1. The van der Waals surface area contributed by atoms with Gasteiger partial charge in [-0.25, -0.2) is 0 Å². The first kappa shape index (κ1) is 16.0. The lowest BCUT2D eigenvalue weighted by Crippen LogP contribution is -2.30. The van der Waals surface area contributed by atoms with E-state index in [9.17, 15) is 4.79 Å². The number of hydrogen-bond acceptors (Lipinski definition) is 5. The number of benzene rings is 1. The molecule has 6 nitrogen and oxygen atoms in total. The lowest BCUT2D eigenvalue weighted by atomic mass is 10.2. The topological polar surface area (TPSA) is 72.4 Å². The van der Waals surface area contributed by atoms with E-state index in [0.717, 1.165) is 5.56 Å². The van der Waals surface area contributed by atoms with Crippen LogP contribution in [-0.2, 0) is 6.54 Å². The first-order chi connectivity index (χ1) is 11.7. The summed E-state index contributed by atoms with van der Waals surface area (Å²) < 4.78 is 10.4. The van der Waals surface area contributed by atoms with Gasteiger partial charge in [-0.2, -0.15) is 4.98 Å². The minimum Gasteiger partial charge on any atom is -0.459 e. The molecule has 0 saturated heterocycles. The van der Waals surface area contributed by atoms with Gasteiger partial charge >= 0.3 is 0 Å². The molecule has 3 aromatic rings. The van der Waals surface area contributed by atoms with Crippen molar-refractivity contribution in [3.05, 3.63) is 72.0 Å². The van der Waals surface area contributed by atoms with Crippen LogP contribution < -0.4 is 0 Å². The molecule has 0 N–H and O–H groups in total. The molecule has 2 heterocycles. The van der Waals surface area contributed by atoms with Crippen LogP contribution in [0.5, 0.6) is 0 Å². The van der Waals surface area contributed by atoms with Crippen molar-refractivity contribution in [2.75, 3.05) is 6.54 Å². The van der Waals surface area contributed by atoms with Gasteiger partial charge in [-0.3, -0.25) is 4.79 Å². The molecule has 24 heavy (non-hydrogen) atoms. The third-order valence-electron chi connectivity index (χ3n) is 3.27. The highest BCUT2D eigenvalue weighted by Crippen LogP contribution is 2.19. The van der Waals surface area contributed by atoms with Crippen LogP contribution in [0.15, 0.2) is 64.3 Å². The normalized spacial score (nSPS) is 10.5. The van der Waals surface area contributed by atoms with E-state index >= 15 is 0 Å². The minimum atomic E-state index is -0.272. The number of carbonyl (C=O) groups excluding carboxylic acids is 1. The number of aromatic nitrogens is 2. The van der Waals surface area contributed by atoms with Gasteiger partial charge in [0, 0.05) is 17.1 Å². The van der Waals surface area contributed by atoms with Crippen LogP contribution in [0.3, 0.4) is 0 Å². The van der Waals surface area contributed by atoms with Gasteiger partial charge < -0.3 is 13.8 Å². The molecule has 0 aliphatic rings. The smallest absolute Gasteiger partial charge is 0.290 e. The highest BCUT2D eigenvalue weighted by molar-refractivity contribution is 6.30. The number of nitrogens with zero attached hydrogens (tertiary/aromatic N) is 3. The fraction of sp³-hybridized carbons (Fsp3) is 0.118. The Hall–Kier alpha value is -2.86. The number of halogens is 1. The third kappa shape index (κ3) is 3.55. The summed E-state index contributed by atoms with van der Waals surface area (Å²) in [6.07, 6.45) is 3.07. The predicted octanol–water partition coefficient (Wildman–Crippen LogP) is 3.81. The van der Waals surface area contributed by atoms with Gasteiger partial charge in [0.15, 0.2) is 5.76 Å². The van der Waals surface area contributed by atoms with Crippen molar-refractivity contribution in [3.8, 4) is 11.4 Å². The van der Waals surface area contributed by atoms with Crippen LogP contribution in [0.2, 0.25) is 5.02 Å². The molecular formula is C17H14ClN3O3. The number of rotatable bonds is 6.